The van der Waals surface area contributed by atoms with E-state index in [2.05, 4.69) is 10.6 Å². The van der Waals surface area contributed by atoms with E-state index in [1.807, 2.05) is 30.3 Å². The average Bonchev–Trinajstić information content (AvgIpc) is 2.37. The lowest BCUT2D eigenvalue weighted by Crippen LogP contribution is -2.35. The molecule has 106 valence electrons. The van der Waals surface area contributed by atoms with E-state index in [9.17, 15) is 18.0 Å². The summed E-state index contributed by atoms with van der Waals surface area (Å²) in [5.41, 5.74) is 0.585. The van der Waals surface area contributed by atoms with E-state index in [4.69, 9.17) is 0 Å². The standard InChI is InChI=1S/C14H13F3N2O/c15-14(16,17)9-18-8-13(20)19-12-7-3-5-10-4-1-2-6-11(10)12/h1-7,18H,8-9H2,(H,19,20). The van der Waals surface area contributed by atoms with Gasteiger partial charge in [-0.2, -0.15) is 13.2 Å². The number of halogens is 3. The molecule has 2 rings (SSSR count). The average molecular weight is 282 g/mol. The SMILES string of the molecule is O=C(CNCC(F)(F)F)Nc1cccc2ccccc12. The smallest absolute Gasteiger partial charge is 0.324 e. The van der Waals surface area contributed by atoms with Crippen molar-refractivity contribution in [3.8, 4) is 0 Å². The van der Waals surface area contributed by atoms with Crippen LogP contribution in [0.25, 0.3) is 10.8 Å². The molecule has 0 fully saturated rings. The van der Waals surface area contributed by atoms with Gasteiger partial charge < -0.3 is 10.6 Å². The molecule has 20 heavy (non-hydrogen) atoms. The van der Waals surface area contributed by atoms with Gasteiger partial charge in [-0.1, -0.05) is 36.4 Å². The summed E-state index contributed by atoms with van der Waals surface area (Å²) in [5, 5.41) is 6.46. The quantitative estimate of drug-likeness (QED) is 0.905. The number of carbonyl (C=O) groups is 1. The van der Waals surface area contributed by atoms with Gasteiger partial charge in [-0.15, -0.1) is 0 Å². The first-order chi connectivity index (χ1) is 9.46. The summed E-state index contributed by atoms with van der Waals surface area (Å²) in [7, 11) is 0. The van der Waals surface area contributed by atoms with Crippen LogP contribution < -0.4 is 10.6 Å². The molecule has 2 aromatic rings. The Bertz CT molecular complexity index is 605. The molecule has 0 spiro atoms. The van der Waals surface area contributed by atoms with Gasteiger partial charge in [0, 0.05) is 11.1 Å². The van der Waals surface area contributed by atoms with Crippen molar-refractivity contribution in [1.29, 1.82) is 0 Å². The van der Waals surface area contributed by atoms with Crippen molar-refractivity contribution in [2.45, 2.75) is 6.18 Å². The molecule has 0 radical (unpaired) electrons. The molecule has 0 aromatic heterocycles. The number of hydrogen-bond acceptors (Lipinski definition) is 2. The molecule has 0 saturated carbocycles. The summed E-state index contributed by atoms with van der Waals surface area (Å²) in [5.74, 6) is -0.509. The third-order valence-corrected chi connectivity index (χ3v) is 2.67. The predicted octanol–water partition coefficient (Wildman–Crippen LogP) is 2.93. The van der Waals surface area contributed by atoms with Crippen molar-refractivity contribution in [1.82, 2.24) is 5.32 Å². The van der Waals surface area contributed by atoms with Gasteiger partial charge in [0.05, 0.1) is 13.1 Å². The largest absolute Gasteiger partial charge is 0.401 e. The first kappa shape index (κ1) is 14.3. The molecular weight excluding hydrogens is 269 g/mol. The maximum atomic E-state index is 11.9. The van der Waals surface area contributed by atoms with Crippen molar-refractivity contribution in [3.63, 3.8) is 0 Å². The highest BCUT2D eigenvalue weighted by Gasteiger charge is 2.26. The van der Waals surface area contributed by atoms with Crippen LogP contribution >= 0.6 is 0 Å². The minimum absolute atomic E-state index is 0.386. The van der Waals surface area contributed by atoms with Crippen LogP contribution in [0.2, 0.25) is 0 Å². The Morgan fingerprint density at radius 3 is 2.50 bits per heavy atom. The monoisotopic (exact) mass is 282 g/mol. The number of nitrogens with one attached hydrogen (secondary N) is 2. The van der Waals surface area contributed by atoms with E-state index in [-0.39, 0.29) is 6.54 Å². The number of fused-ring (bicyclic) bond motifs is 1. The molecule has 1 amide bonds. The topological polar surface area (TPSA) is 41.1 Å². The zero-order chi connectivity index (χ0) is 14.6. The molecule has 6 heteroatoms. The van der Waals surface area contributed by atoms with Crippen LogP contribution in [0.1, 0.15) is 0 Å². The molecule has 0 aliphatic carbocycles. The molecule has 0 saturated heterocycles. The van der Waals surface area contributed by atoms with Crippen LogP contribution in [0.15, 0.2) is 42.5 Å². The number of benzene rings is 2. The third-order valence-electron chi connectivity index (χ3n) is 2.67. The lowest BCUT2D eigenvalue weighted by Gasteiger charge is -2.10. The highest BCUT2D eigenvalue weighted by atomic mass is 19.4. The van der Waals surface area contributed by atoms with E-state index in [1.54, 1.807) is 12.1 Å². The van der Waals surface area contributed by atoms with Crippen molar-refractivity contribution in [2.24, 2.45) is 0 Å². The molecular formula is C14H13F3N2O. The zero-order valence-electron chi connectivity index (χ0n) is 10.5. The van der Waals surface area contributed by atoms with Crippen molar-refractivity contribution in [3.05, 3.63) is 42.5 Å². The number of carbonyl (C=O) groups excluding carboxylic acids is 1. The van der Waals surface area contributed by atoms with Gasteiger partial charge in [0.25, 0.3) is 0 Å². The van der Waals surface area contributed by atoms with Gasteiger partial charge in [0.2, 0.25) is 5.91 Å². The Morgan fingerprint density at radius 2 is 1.75 bits per heavy atom. The van der Waals surface area contributed by atoms with Crippen LogP contribution in [-0.2, 0) is 4.79 Å². The minimum atomic E-state index is -4.32. The molecule has 0 aliphatic heterocycles. The van der Waals surface area contributed by atoms with E-state index in [0.29, 0.717) is 5.69 Å². The van der Waals surface area contributed by atoms with E-state index in [0.717, 1.165) is 10.8 Å². The number of hydrogen-bond donors (Lipinski definition) is 2. The summed E-state index contributed by atoms with van der Waals surface area (Å²) in [6.07, 6.45) is -4.32. The van der Waals surface area contributed by atoms with Crippen LogP contribution in [0.4, 0.5) is 18.9 Å². The van der Waals surface area contributed by atoms with Gasteiger partial charge in [-0.05, 0) is 11.5 Å². The summed E-state index contributed by atoms with van der Waals surface area (Å²) < 4.78 is 35.8. The second-order valence-corrected chi connectivity index (χ2v) is 4.29. The second-order valence-electron chi connectivity index (χ2n) is 4.29. The van der Waals surface area contributed by atoms with Crippen LogP contribution in [0.3, 0.4) is 0 Å². The molecule has 0 atom stereocenters. The molecule has 0 bridgehead atoms. The molecule has 0 aliphatic rings. The van der Waals surface area contributed by atoms with Gasteiger partial charge in [-0.3, -0.25) is 4.79 Å². The highest BCUT2D eigenvalue weighted by Crippen LogP contribution is 2.22. The Kier molecular flexibility index (Phi) is 4.24. The fourth-order valence-corrected chi connectivity index (χ4v) is 1.85. The maximum Gasteiger partial charge on any atom is 0.401 e. The molecule has 2 N–H and O–H groups in total. The summed E-state index contributed by atoms with van der Waals surface area (Å²) in [6.45, 7) is -1.57. The summed E-state index contributed by atoms with van der Waals surface area (Å²) in [6, 6.07) is 12.8. The van der Waals surface area contributed by atoms with Crippen LogP contribution in [0.5, 0.6) is 0 Å². The number of amides is 1. The van der Waals surface area contributed by atoms with Gasteiger partial charge in [0.1, 0.15) is 0 Å². The number of rotatable bonds is 4. The highest BCUT2D eigenvalue weighted by molar-refractivity contribution is 6.02. The van der Waals surface area contributed by atoms with E-state index in [1.165, 1.54) is 0 Å². The Balaban J connectivity index is 2.00. The van der Waals surface area contributed by atoms with Gasteiger partial charge in [-0.25, -0.2) is 0 Å². The fourth-order valence-electron chi connectivity index (χ4n) is 1.85. The van der Waals surface area contributed by atoms with Crippen LogP contribution in [-0.4, -0.2) is 25.2 Å². The molecule has 2 aromatic carbocycles. The van der Waals surface area contributed by atoms with Gasteiger partial charge in [0.15, 0.2) is 0 Å². The summed E-state index contributed by atoms with van der Waals surface area (Å²) >= 11 is 0. The first-order valence-electron chi connectivity index (χ1n) is 6.01. The normalized spacial score (nSPS) is 11.6. The van der Waals surface area contributed by atoms with Crippen molar-refractivity contribution in [2.75, 3.05) is 18.4 Å². The Hall–Kier alpha value is -2.08. The molecule has 3 nitrogen and oxygen atoms in total. The Morgan fingerprint density at radius 1 is 1.05 bits per heavy atom. The minimum Gasteiger partial charge on any atom is -0.324 e. The molecule has 0 unspecified atom stereocenters. The lowest BCUT2D eigenvalue weighted by molar-refractivity contribution is -0.126. The first-order valence-corrected chi connectivity index (χ1v) is 6.01. The lowest BCUT2D eigenvalue weighted by atomic mass is 10.1. The molecule has 0 heterocycles. The fraction of sp³-hybridized carbons (Fsp3) is 0.214. The van der Waals surface area contributed by atoms with Gasteiger partial charge >= 0.3 is 6.18 Å². The summed E-state index contributed by atoms with van der Waals surface area (Å²) in [4.78, 5) is 11.6. The maximum absolute atomic E-state index is 11.9. The number of anilines is 1. The Labute approximate surface area is 113 Å². The third kappa shape index (κ3) is 3.96. The second kappa shape index (κ2) is 5.92. The van der Waals surface area contributed by atoms with Crippen molar-refractivity contribution >= 4 is 22.4 Å². The number of alkyl halides is 3. The van der Waals surface area contributed by atoms with E-state index >= 15 is 0 Å². The predicted molar refractivity (Wildman–Crippen MR) is 71.5 cm³/mol. The van der Waals surface area contributed by atoms with Crippen LogP contribution in [0, 0.1) is 0 Å². The zero-order valence-corrected chi connectivity index (χ0v) is 10.5. The van der Waals surface area contributed by atoms with Crippen molar-refractivity contribution < 1.29 is 18.0 Å². The van der Waals surface area contributed by atoms with E-state index < -0.39 is 18.6 Å².